The average molecular weight is 262 g/mol. The van der Waals surface area contributed by atoms with E-state index in [0.29, 0.717) is 24.5 Å². The molecule has 0 unspecified atom stereocenters. The SMILES string of the molecule is CCn1cc(N)c(C(=O)N(C)Cc2nccn2C)n1. The number of rotatable bonds is 4. The number of nitrogen functional groups attached to an aromatic ring is 1. The first kappa shape index (κ1) is 13.1. The molecule has 0 fully saturated rings. The second-order valence-electron chi connectivity index (χ2n) is 4.40. The Hall–Kier alpha value is -2.31. The van der Waals surface area contributed by atoms with Crippen LogP contribution >= 0.6 is 0 Å². The maximum absolute atomic E-state index is 12.3. The van der Waals surface area contributed by atoms with Gasteiger partial charge in [-0.3, -0.25) is 9.48 Å². The molecule has 0 radical (unpaired) electrons. The van der Waals surface area contributed by atoms with Crippen LogP contribution in [0.3, 0.4) is 0 Å². The van der Waals surface area contributed by atoms with Crippen LogP contribution in [0.25, 0.3) is 0 Å². The molecule has 7 heteroatoms. The van der Waals surface area contributed by atoms with E-state index in [0.717, 1.165) is 5.82 Å². The Morgan fingerprint density at radius 3 is 2.79 bits per heavy atom. The minimum atomic E-state index is -0.201. The maximum atomic E-state index is 12.3. The lowest BCUT2D eigenvalue weighted by Crippen LogP contribution is -2.28. The van der Waals surface area contributed by atoms with Gasteiger partial charge in [0.25, 0.3) is 5.91 Å². The molecule has 2 N–H and O–H groups in total. The molecule has 19 heavy (non-hydrogen) atoms. The van der Waals surface area contributed by atoms with Gasteiger partial charge in [-0.1, -0.05) is 0 Å². The van der Waals surface area contributed by atoms with Gasteiger partial charge >= 0.3 is 0 Å². The fourth-order valence-corrected chi connectivity index (χ4v) is 1.78. The molecule has 0 bridgehead atoms. The molecule has 0 saturated heterocycles. The van der Waals surface area contributed by atoms with Gasteiger partial charge in [-0.25, -0.2) is 4.98 Å². The highest BCUT2D eigenvalue weighted by Gasteiger charge is 2.19. The molecule has 7 nitrogen and oxygen atoms in total. The van der Waals surface area contributed by atoms with E-state index < -0.39 is 0 Å². The highest BCUT2D eigenvalue weighted by molar-refractivity contribution is 5.96. The van der Waals surface area contributed by atoms with Crippen molar-refractivity contribution in [1.82, 2.24) is 24.2 Å². The lowest BCUT2D eigenvalue weighted by atomic mass is 10.3. The fourth-order valence-electron chi connectivity index (χ4n) is 1.78. The van der Waals surface area contributed by atoms with E-state index in [1.165, 1.54) is 0 Å². The highest BCUT2D eigenvalue weighted by atomic mass is 16.2. The van der Waals surface area contributed by atoms with Gasteiger partial charge in [-0.2, -0.15) is 5.10 Å². The fraction of sp³-hybridized carbons (Fsp3) is 0.417. The average Bonchev–Trinajstić information content (AvgIpc) is 2.95. The molecular weight excluding hydrogens is 244 g/mol. The largest absolute Gasteiger partial charge is 0.396 e. The van der Waals surface area contributed by atoms with Crippen LogP contribution in [0, 0.1) is 0 Å². The number of nitrogens with zero attached hydrogens (tertiary/aromatic N) is 5. The highest BCUT2D eigenvalue weighted by Crippen LogP contribution is 2.12. The van der Waals surface area contributed by atoms with Crippen molar-refractivity contribution in [2.24, 2.45) is 7.05 Å². The Bertz CT molecular complexity index is 585. The number of amides is 1. The summed E-state index contributed by atoms with van der Waals surface area (Å²) in [6.07, 6.45) is 5.21. The van der Waals surface area contributed by atoms with Gasteiger partial charge in [-0.15, -0.1) is 0 Å². The van der Waals surface area contributed by atoms with Crippen molar-refractivity contribution >= 4 is 11.6 Å². The predicted molar refractivity (Wildman–Crippen MR) is 71.3 cm³/mol. The smallest absolute Gasteiger partial charge is 0.276 e. The Morgan fingerprint density at radius 2 is 2.26 bits per heavy atom. The number of imidazole rings is 1. The molecule has 0 spiro atoms. The van der Waals surface area contributed by atoms with Crippen LogP contribution in [-0.2, 0) is 20.1 Å². The third kappa shape index (κ3) is 2.59. The molecule has 2 aromatic heterocycles. The predicted octanol–water partition coefficient (Wildman–Crippen LogP) is 0.491. The van der Waals surface area contributed by atoms with Crippen LogP contribution in [0.4, 0.5) is 5.69 Å². The first-order chi connectivity index (χ1) is 9.02. The number of aromatic nitrogens is 4. The van der Waals surface area contributed by atoms with Crippen molar-refractivity contribution in [2.45, 2.75) is 20.0 Å². The second kappa shape index (κ2) is 5.13. The van der Waals surface area contributed by atoms with E-state index in [1.807, 2.05) is 24.7 Å². The number of carbonyl (C=O) groups is 1. The molecule has 0 aliphatic carbocycles. The Morgan fingerprint density at radius 1 is 1.53 bits per heavy atom. The third-order valence-corrected chi connectivity index (χ3v) is 2.96. The lowest BCUT2D eigenvalue weighted by molar-refractivity contribution is 0.0775. The van der Waals surface area contributed by atoms with E-state index in [-0.39, 0.29) is 5.91 Å². The Balaban J connectivity index is 2.14. The number of hydrogen-bond donors (Lipinski definition) is 1. The van der Waals surface area contributed by atoms with Crippen LogP contribution < -0.4 is 5.73 Å². The number of aryl methyl sites for hydroxylation is 2. The zero-order valence-electron chi connectivity index (χ0n) is 11.4. The van der Waals surface area contributed by atoms with Crippen molar-refractivity contribution < 1.29 is 4.79 Å². The van der Waals surface area contributed by atoms with Crippen molar-refractivity contribution in [3.63, 3.8) is 0 Å². The Kier molecular flexibility index (Phi) is 3.55. The van der Waals surface area contributed by atoms with Gasteiger partial charge in [-0.05, 0) is 6.92 Å². The first-order valence-electron chi connectivity index (χ1n) is 6.07. The number of carbonyl (C=O) groups excluding carboxylic acids is 1. The normalized spacial score (nSPS) is 10.7. The number of hydrogen-bond acceptors (Lipinski definition) is 4. The van der Waals surface area contributed by atoms with Crippen LogP contribution in [0.2, 0.25) is 0 Å². The number of anilines is 1. The summed E-state index contributed by atoms with van der Waals surface area (Å²) in [5.41, 5.74) is 6.50. The zero-order chi connectivity index (χ0) is 14.0. The lowest BCUT2D eigenvalue weighted by Gasteiger charge is -2.15. The summed E-state index contributed by atoms with van der Waals surface area (Å²) in [5, 5.41) is 4.17. The minimum absolute atomic E-state index is 0.201. The Labute approximate surface area is 111 Å². The van der Waals surface area contributed by atoms with Crippen LogP contribution in [0.5, 0.6) is 0 Å². The topological polar surface area (TPSA) is 82.0 Å². The van der Waals surface area contributed by atoms with Gasteiger partial charge in [0.2, 0.25) is 0 Å². The van der Waals surface area contributed by atoms with E-state index in [9.17, 15) is 4.79 Å². The van der Waals surface area contributed by atoms with Crippen LogP contribution in [-0.4, -0.2) is 37.2 Å². The minimum Gasteiger partial charge on any atom is -0.396 e. The van der Waals surface area contributed by atoms with Gasteiger partial charge in [0, 0.05) is 39.2 Å². The molecule has 1 amide bonds. The molecule has 2 rings (SSSR count). The molecule has 2 aromatic rings. The van der Waals surface area contributed by atoms with Crippen LogP contribution in [0.15, 0.2) is 18.6 Å². The molecule has 0 atom stereocenters. The third-order valence-electron chi connectivity index (χ3n) is 2.96. The second-order valence-corrected chi connectivity index (χ2v) is 4.40. The van der Waals surface area contributed by atoms with E-state index >= 15 is 0 Å². The van der Waals surface area contributed by atoms with Crippen molar-refractivity contribution in [2.75, 3.05) is 12.8 Å². The summed E-state index contributed by atoms with van der Waals surface area (Å²) in [4.78, 5) is 18.0. The summed E-state index contributed by atoms with van der Waals surface area (Å²) < 4.78 is 3.52. The zero-order valence-corrected chi connectivity index (χ0v) is 11.4. The van der Waals surface area contributed by atoms with Crippen molar-refractivity contribution in [3.05, 3.63) is 30.1 Å². The summed E-state index contributed by atoms with van der Waals surface area (Å²) in [6, 6.07) is 0. The van der Waals surface area contributed by atoms with Gasteiger partial charge in [0.15, 0.2) is 5.69 Å². The van der Waals surface area contributed by atoms with E-state index in [1.54, 1.807) is 29.0 Å². The number of nitrogens with two attached hydrogens (primary N) is 1. The maximum Gasteiger partial charge on any atom is 0.276 e. The summed E-state index contributed by atoms with van der Waals surface area (Å²) in [6.45, 7) is 3.04. The standard InChI is InChI=1S/C12H18N6O/c1-4-18-7-9(13)11(15-18)12(19)17(3)8-10-14-5-6-16(10)2/h5-7H,4,8,13H2,1-3H3. The molecule has 0 aromatic carbocycles. The molecule has 0 aliphatic rings. The summed E-state index contributed by atoms with van der Waals surface area (Å²) in [7, 11) is 3.60. The quantitative estimate of drug-likeness (QED) is 0.869. The van der Waals surface area contributed by atoms with Gasteiger partial charge < -0.3 is 15.2 Å². The van der Waals surface area contributed by atoms with E-state index in [4.69, 9.17) is 5.73 Å². The van der Waals surface area contributed by atoms with Gasteiger partial charge in [0.1, 0.15) is 5.82 Å². The molecule has 2 heterocycles. The summed E-state index contributed by atoms with van der Waals surface area (Å²) >= 11 is 0. The summed E-state index contributed by atoms with van der Waals surface area (Å²) in [5.74, 6) is 0.608. The first-order valence-corrected chi connectivity index (χ1v) is 6.07. The van der Waals surface area contributed by atoms with E-state index in [2.05, 4.69) is 10.1 Å². The van der Waals surface area contributed by atoms with Crippen molar-refractivity contribution in [1.29, 1.82) is 0 Å². The monoisotopic (exact) mass is 262 g/mol. The van der Waals surface area contributed by atoms with Crippen LogP contribution in [0.1, 0.15) is 23.2 Å². The van der Waals surface area contributed by atoms with Gasteiger partial charge in [0.05, 0.1) is 12.2 Å². The molecule has 0 saturated carbocycles. The molecular formula is C12H18N6O. The molecule has 102 valence electrons. The van der Waals surface area contributed by atoms with Crippen molar-refractivity contribution in [3.8, 4) is 0 Å². The molecule has 0 aliphatic heterocycles.